The maximum Gasteiger partial charge on any atom is 0.254 e. The van der Waals surface area contributed by atoms with Crippen molar-refractivity contribution in [1.29, 1.82) is 0 Å². The zero-order chi connectivity index (χ0) is 23.9. The van der Waals surface area contributed by atoms with E-state index in [9.17, 15) is 9.59 Å². The van der Waals surface area contributed by atoms with Crippen molar-refractivity contribution in [1.82, 2.24) is 14.7 Å². The van der Waals surface area contributed by atoms with Crippen molar-refractivity contribution in [3.63, 3.8) is 0 Å². The summed E-state index contributed by atoms with van der Waals surface area (Å²) < 4.78 is 1.72. The van der Waals surface area contributed by atoms with Crippen molar-refractivity contribution >= 4 is 17.5 Å². The minimum absolute atomic E-state index is 0.0793. The Kier molecular flexibility index (Phi) is 5.67. The Bertz CT molecular complexity index is 1250. The van der Waals surface area contributed by atoms with E-state index in [1.165, 1.54) is 32.1 Å². The molecule has 2 saturated carbocycles. The van der Waals surface area contributed by atoms with E-state index in [2.05, 4.69) is 15.3 Å². The van der Waals surface area contributed by atoms with Gasteiger partial charge in [0.25, 0.3) is 5.91 Å². The molecule has 3 aromatic rings. The molecule has 180 valence electrons. The zero-order valence-electron chi connectivity index (χ0n) is 20.2. The van der Waals surface area contributed by atoms with Crippen molar-refractivity contribution < 1.29 is 9.59 Å². The van der Waals surface area contributed by atoms with Crippen LogP contribution in [0.2, 0.25) is 0 Å². The molecular weight excluding hydrogens is 436 g/mol. The number of hydrogen-bond donors (Lipinski definition) is 1. The van der Waals surface area contributed by atoms with Crippen LogP contribution in [-0.2, 0) is 11.2 Å². The lowest BCUT2D eigenvalue weighted by Crippen LogP contribution is -2.42. The van der Waals surface area contributed by atoms with Gasteiger partial charge in [-0.05, 0) is 80.5 Å². The molecule has 4 atom stereocenters. The van der Waals surface area contributed by atoms with Gasteiger partial charge in [-0.15, -0.1) is 0 Å². The predicted octanol–water partition coefficient (Wildman–Crippen LogP) is 5.01. The molecule has 0 radical (unpaired) electrons. The monoisotopic (exact) mass is 468 g/mol. The van der Waals surface area contributed by atoms with Crippen LogP contribution in [-0.4, -0.2) is 39.1 Å². The normalized spacial score (nSPS) is 24.9. The molecule has 35 heavy (non-hydrogen) atoms. The van der Waals surface area contributed by atoms with Gasteiger partial charge in [-0.3, -0.25) is 9.59 Å². The number of anilines is 1. The van der Waals surface area contributed by atoms with E-state index < -0.39 is 0 Å². The molecule has 2 aliphatic heterocycles. The molecule has 7 rings (SSSR count). The molecule has 6 nitrogen and oxygen atoms in total. The molecule has 0 spiro atoms. The van der Waals surface area contributed by atoms with E-state index in [-0.39, 0.29) is 11.8 Å². The highest BCUT2D eigenvalue weighted by molar-refractivity contribution is 5.95. The van der Waals surface area contributed by atoms with Gasteiger partial charge in [0.2, 0.25) is 5.91 Å². The predicted molar refractivity (Wildman–Crippen MR) is 135 cm³/mol. The molecule has 4 fully saturated rings. The number of benzene rings is 2. The average molecular weight is 469 g/mol. The van der Waals surface area contributed by atoms with Crippen LogP contribution in [0.5, 0.6) is 0 Å². The first-order valence-corrected chi connectivity index (χ1v) is 12.8. The van der Waals surface area contributed by atoms with Gasteiger partial charge < -0.3 is 10.2 Å². The summed E-state index contributed by atoms with van der Waals surface area (Å²) in [4.78, 5) is 28.3. The van der Waals surface area contributed by atoms with Gasteiger partial charge in [0.15, 0.2) is 0 Å². The molecular formula is C29H32N4O2. The van der Waals surface area contributed by atoms with Gasteiger partial charge in [-0.1, -0.05) is 35.9 Å². The van der Waals surface area contributed by atoms with E-state index in [4.69, 9.17) is 0 Å². The highest BCUT2D eigenvalue weighted by Gasteiger charge is 2.44. The number of aryl methyl sites for hydroxylation is 1. The topological polar surface area (TPSA) is 67.2 Å². The summed E-state index contributed by atoms with van der Waals surface area (Å²) in [6.45, 7) is 2.92. The van der Waals surface area contributed by atoms with Gasteiger partial charge in [0.1, 0.15) is 0 Å². The lowest BCUT2D eigenvalue weighted by molar-refractivity contribution is -0.115. The van der Waals surface area contributed by atoms with Crippen molar-refractivity contribution in [2.45, 2.75) is 51.5 Å². The largest absolute Gasteiger partial charge is 0.335 e. The standard InChI is InChI=1S/C29H32N4O2/c1-19-4-2-5-20(8-19)14-28(34)31-25-16-30-33(18-25)26-7-3-6-24(15-26)29(35)32-17-23-10-21-9-22(11-23)13-27(32)12-21/h2-8,15-16,18,21-23,27H,9-14,17H2,1H3,(H,31,34)/t21-,22?,23?,27?/m0/s1. The number of fused-ring (bicyclic) bond motifs is 1. The van der Waals surface area contributed by atoms with Crippen LogP contribution in [0, 0.1) is 24.7 Å². The third kappa shape index (κ3) is 4.62. The first-order chi connectivity index (χ1) is 17.0. The summed E-state index contributed by atoms with van der Waals surface area (Å²) in [5, 5.41) is 7.37. The first-order valence-electron chi connectivity index (χ1n) is 12.8. The van der Waals surface area contributed by atoms with Crippen molar-refractivity contribution in [2.75, 3.05) is 11.9 Å². The van der Waals surface area contributed by atoms with Crippen LogP contribution in [0.25, 0.3) is 5.69 Å². The van der Waals surface area contributed by atoms with E-state index in [0.29, 0.717) is 29.6 Å². The number of nitrogens with one attached hydrogen (secondary N) is 1. The van der Waals surface area contributed by atoms with Crippen LogP contribution in [0.3, 0.4) is 0 Å². The van der Waals surface area contributed by atoms with Crippen LogP contribution >= 0.6 is 0 Å². The van der Waals surface area contributed by atoms with E-state index in [1.54, 1.807) is 17.1 Å². The van der Waals surface area contributed by atoms with Crippen molar-refractivity contribution in [3.05, 3.63) is 77.6 Å². The number of carbonyl (C=O) groups is 2. The number of amides is 2. The summed E-state index contributed by atoms with van der Waals surface area (Å²) in [6, 6.07) is 16.0. The number of carbonyl (C=O) groups excluding carboxylic acids is 2. The maximum atomic E-state index is 13.6. The van der Waals surface area contributed by atoms with E-state index >= 15 is 0 Å². The fraction of sp³-hybridized carbons (Fsp3) is 0.414. The maximum absolute atomic E-state index is 13.6. The van der Waals surface area contributed by atoms with Crippen LogP contribution in [0.1, 0.15) is 53.6 Å². The molecule has 1 N–H and O–H groups in total. The van der Waals surface area contributed by atoms with Gasteiger partial charge in [0.05, 0.1) is 30.2 Å². The highest BCUT2D eigenvalue weighted by atomic mass is 16.2. The fourth-order valence-electron chi connectivity index (χ4n) is 6.72. The number of nitrogens with zero attached hydrogens (tertiary/aromatic N) is 3. The third-order valence-corrected chi connectivity index (χ3v) is 8.04. The molecule has 4 bridgehead atoms. The minimum Gasteiger partial charge on any atom is -0.335 e. The molecule has 2 amide bonds. The van der Waals surface area contributed by atoms with Crippen LogP contribution in [0.15, 0.2) is 60.9 Å². The molecule has 2 aliphatic carbocycles. The SMILES string of the molecule is Cc1cccc(CC(=O)Nc2cnn(-c3cccc(C(=O)N4CC5CC6CC4C[C@@H](C6)C5)c3)c2)c1. The molecule has 6 heteroatoms. The van der Waals surface area contributed by atoms with Gasteiger partial charge in [-0.25, -0.2) is 4.68 Å². The summed E-state index contributed by atoms with van der Waals surface area (Å²) in [5.74, 6) is 2.35. The Hall–Kier alpha value is -3.41. The summed E-state index contributed by atoms with van der Waals surface area (Å²) >= 11 is 0. The highest BCUT2D eigenvalue weighted by Crippen LogP contribution is 2.47. The molecule has 2 saturated heterocycles. The zero-order valence-corrected chi connectivity index (χ0v) is 20.2. The summed E-state index contributed by atoms with van der Waals surface area (Å²) in [5.41, 5.74) is 4.29. The average Bonchev–Trinajstić information content (AvgIpc) is 3.20. The van der Waals surface area contributed by atoms with Crippen LogP contribution in [0.4, 0.5) is 5.69 Å². The summed E-state index contributed by atoms with van der Waals surface area (Å²) in [6.07, 6.45) is 10.1. The summed E-state index contributed by atoms with van der Waals surface area (Å²) in [7, 11) is 0. The number of rotatable bonds is 5. The molecule has 1 aromatic heterocycles. The number of aromatic nitrogens is 2. The molecule has 3 unspecified atom stereocenters. The Morgan fingerprint density at radius 2 is 1.74 bits per heavy atom. The second-order valence-electron chi connectivity index (χ2n) is 10.8. The van der Waals surface area contributed by atoms with Crippen molar-refractivity contribution in [2.24, 2.45) is 17.8 Å². The Morgan fingerprint density at radius 3 is 2.54 bits per heavy atom. The van der Waals surface area contributed by atoms with Crippen LogP contribution < -0.4 is 5.32 Å². The second-order valence-corrected chi connectivity index (χ2v) is 10.8. The first kappa shape index (κ1) is 22.1. The number of hydrogen-bond acceptors (Lipinski definition) is 3. The van der Waals surface area contributed by atoms with Gasteiger partial charge in [-0.2, -0.15) is 5.10 Å². The van der Waals surface area contributed by atoms with Gasteiger partial charge >= 0.3 is 0 Å². The molecule has 4 aliphatic rings. The Morgan fingerprint density at radius 1 is 0.971 bits per heavy atom. The Labute approximate surface area is 206 Å². The van der Waals surface area contributed by atoms with Gasteiger partial charge in [0, 0.05) is 18.2 Å². The molecule has 3 heterocycles. The van der Waals surface area contributed by atoms with E-state index in [1.807, 2.05) is 55.5 Å². The lowest BCUT2D eigenvalue weighted by atomic mass is 9.68. The fourth-order valence-corrected chi connectivity index (χ4v) is 6.72. The minimum atomic E-state index is -0.0793. The molecule has 2 aromatic carbocycles. The Balaban J connectivity index is 1.15. The van der Waals surface area contributed by atoms with E-state index in [0.717, 1.165) is 35.2 Å². The smallest absolute Gasteiger partial charge is 0.254 e. The second kappa shape index (κ2) is 8.99. The van der Waals surface area contributed by atoms with Crippen molar-refractivity contribution in [3.8, 4) is 5.69 Å². The quantitative estimate of drug-likeness (QED) is 0.572. The third-order valence-electron chi connectivity index (χ3n) is 8.04. The lowest BCUT2D eigenvalue weighted by Gasteiger charge is -2.39.